The predicted octanol–water partition coefficient (Wildman–Crippen LogP) is 4.26. The average molecular weight is 315 g/mol. The number of carbonyl (C=O) groups is 2. The molecule has 120 valence electrons. The van der Waals surface area contributed by atoms with Crippen molar-refractivity contribution in [2.45, 2.75) is 32.5 Å². The van der Waals surface area contributed by atoms with E-state index in [1.165, 1.54) is 6.08 Å². The minimum absolute atomic E-state index is 0.0952. The molecule has 7 heteroatoms. The van der Waals surface area contributed by atoms with Crippen LogP contribution in [0.2, 0.25) is 0 Å². The highest BCUT2D eigenvalue weighted by atomic mass is 19.4. The van der Waals surface area contributed by atoms with Gasteiger partial charge in [-0.15, -0.1) is 0 Å². The second kappa shape index (κ2) is 6.64. The summed E-state index contributed by atoms with van der Waals surface area (Å²) in [5.74, 6) is 0. The number of rotatable bonds is 3. The van der Waals surface area contributed by atoms with Gasteiger partial charge in [0.25, 0.3) is 0 Å². The quantitative estimate of drug-likeness (QED) is 0.669. The van der Waals surface area contributed by atoms with Crippen molar-refractivity contribution in [3.63, 3.8) is 0 Å². The smallest absolute Gasteiger partial charge is 0.416 e. The Morgan fingerprint density at radius 2 is 1.86 bits per heavy atom. The van der Waals surface area contributed by atoms with Crippen LogP contribution in [0.1, 0.15) is 31.9 Å². The molecule has 0 saturated heterocycles. The van der Waals surface area contributed by atoms with E-state index in [0.717, 1.165) is 24.3 Å². The van der Waals surface area contributed by atoms with Crippen molar-refractivity contribution in [2.75, 3.05) is 5.32 Å². The first-order chi connectivity index (χ1) is 10.0. The number of nitrogens with one attached hydrogen (secondary N) is 1. The number of alkyl halides is 3. The van der Waals surface area contributed by atoms with Gasteiger partial charge in [-0.25, -0.2) is 4.79 Å². The van der Waals surface area contributed by atoms with Gasteiger partial charge < -0.3 is 4.74 Å². The fourth-order valence-electron chi connectivity index (χ4n) is 1.54. The summed E-state index contributed by atoms with van der Waals surface area (Å²) in [6, 6.07) is 2.81. The number of anilines is 1. The number of hydrogen-bond acceptors (Lipinski definition) is 3. The second-order valence-electron chi connectivity index (χ2n) is 5.42. The number of hydrogen-bond donors (Lipinski definition) is 1. The number of halogens is 3. The van der Waals surface area contributed by atoms with Crippen LogP contribution in [-0.2, 0) is 15.7 Å². The Morgan fingerprint density at radius 3 is 2.36 bits per heavy atom. The molecular weight excluding hydrogens is 299 g/mol. The van der Waals surface area contributed by atoms with E-state index in [4.69, 9.17) is 4.74 Å². The first kappa shape index (κ1) is 17.7. The molecule has 0 atom stereocenters. The first-order valence-electron chi connectivity index (χ1n) is 6.36. The van der Waals surface area contributed by atoms with E-state index in [9.17, 15) is 22.8 Å². The lowest BCUT2D eigenvalue weighted by atomic mass is 10.1. The van der Waals surface area contributed by atoms with Gasteiger partial charge in [0.2, 0.25) is 0 Å². The molecule has 0 fully saturated rings. The lowest BCUT2D eigenvalue weighted by molar-refractivity contribution is -0.137. The molecule has 1 amide bonds. The molecule has 1 aromatic rings. The number of carbonyl (C=O) groups excluding carboxylic acids is 2. The fraction of sp³-hybridized carbons (Fsp3) is 0.333. The van der Waals surface area contributed by atoms with Gasteiger partial charge in [0.05, 0.1) is 11.3 Å². The van der Waals surface area contributed by atoms with Crippen LogP contribution in [-0.4, -0.2) is 18.0 Å². The highest BCUT2D eigenvalue weighted by Crippen LogP contribution is 2.32. The normalized spacial score (nSPS) is 12.3. The van der Waals surface area contributed by atoms with Crippen molar-refractivity contribution >= 4 is 24.1 Å². The Hall–Kier alpha value is -2.31. The highest BCUT2D eigenvalue weighted by molar-refractivity contribution is 5.89. The van der Waals surface area contributed by atoms with E-state index >= 15 is 0 Å². The molecule has 0 heterocycles. The zero-order chi connectivity index (χ0) is 17.0. The summed E-state index contributed by atoms with van der Waals surface area (Å²) >= 11 is 0. The largest absolute Gasteiger partial charge is 0.444 e. The Morgan fingerprint density at radius 1 is 1.23 bits per heavy atom. The van der Waals surface area contributed by atoms with E-state index in [-0.39, 0.29) is 11.3 Å². The minimum Gasteiger partial charge on any atom is -0.444 e. The van der Waals surface area contributed by atoms with Crippen LogP contribution in [0.4, 0.5) is 23.7 Å². The van der Waals surface area contributed by atoms with Gasteiger partial charge in [-0.05, 0) is 50.6 Å². The molecule has 0 aliphatic rings. The number of aldehydes is 1. The molecule has 0 bridgehead atoms. The first-order valence-corrected chi connectivity index (χ1v) is 6.36. The summed E-state index contributed by atoms with van der Waals surface area (Å²) in [6.45, 7) is 4.89. The van der Waals surface area contributed by atoms with Gasteiger partial charge in [0, 0.05) is 0 Å². The number of ether oxygens (including phenoxy) is 1. The van der Waals surface area contributed by atoms with E-state index in [0.29, 0.717) is 6.29 Å². The number of allylic oxidation sites excluding steroid dienone is 1. The standard InChI is InChI=1S/C15H16F3NO3/c1-14(2,3)22-13(21)19-12-9-11(15(16,17)18)7-6-10(12)5-4-8-20/h4-9H,1-3H3,(H,19,21)/b5-4+. The number of benzene rings is 1. The molecule has 4 nitrogen and oxygen atoms in total. The summed E-state index contributed by atoms with van der Waals surface area (Å²) in [4.78, 5) is 22.1. The van der Waals surface area contributed by atoms with Crippen LogP contribution in [0.5, 0.6) is 0 Å². The summed E-state index contributed by atoms with van der Waals surface area (Å²) in [5.41, 5.74) is -1.54. The van der Waals surface area contributed by atoms with Gasteiger partial charge in [0.15, 0.2) is 0 Å². The van der Waals surface area contributed by atoms with Crippen LogP contribution in [0, 0.1) is 0 Å². The Balaban J connectivity index is 3.14. The molecule has 0 spiro atoms. The van der Waals surface area contributed by atoms with E-state index < -0.39 is 23.4 Å². The summed E-state index contributed by atoms with van der Waals surface area (Å²) in [7, 11) is 0. The maximum Gasteiger partial charge on any atom is 0.416 e. The van der Waals surface area contributed by atoms with Gasteiger partial charge in [-0.3, -0.25) is 10.1 Å². The van der Waals surface area contributed by atoms with Crippen molar-refractivity contribution in [3.8, 4) is 0 Å². The lowest BCUT2D eigenvalue weighted by Crippen LogP contribution is -2.27. The zero-order valence-corrected chi connectivity index (χ0v) is 12.3. The molecule has 0 radical (unpaired) electrons. The number of amides is 1. The second-order valence-corrected chi connectivity index (χ2v) is 5.42. The Kier molecular flexibility index (Phi) is 5.35. The third-order valence-electron chi connectivity index (χ3n) is 2.37. The van der Waals surface area contributed by atoms with Crippen LogP contribution < -0.4 is 5.32 Å². The maximum absolute atomic E-state index is 12.7. The van der Waals surface area contributed by atoms with Crippen molar-refractivity contribution in [1.29, 1.82) is 0 Å². The highest BCUT2D eigenvalue weighted by Gasteiger charge is 2.31. The molecule has 0 saturated carbocycles. The van der Waals surface area contributed by atoms with Crippen LogP contribution >= 0.6 is 0 Å². The molecule has 1 N–H and O–H groups in total. The minimum atomic E-state index is -4.54. The summed E-state index contributed by atoms with van der Waals surface area (Å²) < 4.78 is 43.2. The van der Waals surface area contributed by atoms with Gasteiger partial charge in [0.1, 0.15) is 11.9 Å². The molecule has 0 unspecified atom stereocenters. The van der Waals surface area contributed by atoms with E-state index in [1.54, 1.807) is 20.8 Å². The van der Waals surface area contributed by atoms with Crippen molar-refractivity contribution < 1.29 is 27.5 Å². The molecule has 0 aliphatic heterocycles. The van der Waals surface area contributed by atoms with Crippen molar-refractivity contribution in [3.05, 3.63) is 35.4 Å². The SMILES string of the molecule is CC(C)(C)OC(=O)Nc1cc(C(F)(F)F)ccc1/C=C/C=O. The third kappa shape index (κ3) is 5.59. The zero-order valence-electron chi connectivity index (χ0n) is 12.3. The monoisotopic (exact) mass is 315 g/mol. The summed E-state index contributed by atoms with van der Waals surface area (Å²) in [5, 5.41) is 2.26. The average Bonchev–Trinajstić information content (AvgIpc) is 2.33. The lowest BCUT2D eigenvalue weighted by Gasteiger charge is -2.20. The molecule has 0 aliphatic carbocycles. The van der Waals surface area contributed by atoms with Crippen LogP contribution in [0.15, 0.2) is 24.3 Å². The van der Waals surface area contributed by atoms with E-state index in [1.807, 2.05) is 0 Å². The molecule has 1 rings (SSSR count). The molecule has 0 aromatic heterocycles. The predicted molar refractivity (Wildman–Crippen MR) is 76.4 cm³/mol. The van der Waals surface area contributed by atoms with Crippen molar-refractivity contribution in [1.82, 2.24) is 0 Å². The Bertz CT molecular complexity index is 587. The van der Waals surface area contributed by atoms with Gasteiger partial charge in [-0.1, -0.05) is 6.07 Å². The summed E-state index contributed by atoms with van der Waals surface area (Å²) in [6.07, 6.45) is -2.54. The molecular formula is C15H16F3NO3. The molecule has 1 aromatic carbocycles. The maximum atomic E-state index is 12.7. The van der Waals surface area contributed by atoms with Gasteiger partial charge in [-0.2, -0.15) is 13.2 Å². The topological polar surface area (TPSA) is 55.4 Å². The third-order valence-corrected chi connectivity index (χ3v) is 2.37. The fourth-order valence-corrected chi connectivity index (χ4v) is 1.54. The van der Waals surface area contributed by atoms with E-state index in [2.05, 4.69) is 5.32 Å². The molecule has 22 heavy (non-hydrogen) atoms. The van der Waals surface area contributed by atoms with Gasteiger partial charge >= 0.3 is 12.3 Å². The van der Waals surface area contributed by atoms with Crippen LogP contribution in [0.3, 0.4) is 0 Å². The van der Waals surface area contributed by atoms with Crippen molar-refractivity contribution in [2.24, 2.45) is 0 Å². The Labute approximate surface area is 126 Å². The van der Waals surface area contributed by atoms with Crippen LogP contribution in [0.25, 0.3) is 6.08 Å².